The Bertz CT molecular complexity index is 123. The Kier molecular flexibility index (Phi) is 3.30. The molecule has 2 nitrogen and oxygen atoms in total. The van der Waals surface area contributed by atoms with Gasteiger partial charge in [-0.3, -0.25) is 0 Å². The third kappa shape index (κ3) is 5.52. The SMILES string of the molecule is NC(=S)/C=C\C(N)=S. The van der Waals surface area contributed by atoms with Crippen LogP contribution in [0.1, 0.15) is 0 Å². The van der Waals surface area contributed by atoms with E-state index in [-0.39, 0.29) is 9.98 Å². The summed E-state index contributed by atoms with van der Waals surface area (Å²) in [6.07, 6.45) is 2.97. The molecule has 0 amide bonds. The second-order valence-corrected chi connectivity index (χ2v) is 2.08. The van der Waals surface area contributed by atoms with Crippen molar-refractivity contribution < 1.29 is 0 Å². The largest absolute Gasteiger partial charge is 0.390 e. The summed E-state index contributed by atoms with van der Waals surface area (Å²) in [4.78, 5) is 0.579. The molecule has 0 aromatic heterocycles. The van der Waals surface area contributed by atoms with Gasteiger partial charge in [0, 0.05) is 0 Å². The van der Waals surface area contributed by atoms with Gasteiger partial charge in [0.05, 0.1) is 9.98 Å². The summed E-state index contributed by atoms with van der Waals surface area (Å²) < 4.78 is 0. The molecule has 0 saturated heterocycles. The van der Waals surface area contributed by atoms with Gasteiger partial charge in [0.15, 0.2) is 0 Å². The zero-order valence-electron chi connectivity index (χ0n) is 4.13. The fraction of sp³-hybridized carbons (Fsp3) is 0. The number of rotatable bonds is 2. The zero-order valence-corrected chi connectivity index (χ0v) is 5.76. The number of hydrogen-bond acceptors (Lipinski definition) is 2. The summed E-state index contributed by atoms with van der Waals surface area (Å²) in [5.41, 5.74) is 10.1. The van der Waals surface area contributed by atoms with Crippen LogP contribution in [0.2, 0.25) is 0 Å². The summed E-state index contributed by atoms with van der Waals surface area (Å²) in [6, 6.07) is 0. The van der Waals surface area contributed by atoms with Gasteiger partial charge in [-0.25, -0.2) is 0 Å². The van der Waals surface area contributed by atoms with Crippen molar-refractivity contribution in [2.75, 3.05) is 0 Å². The summed E-state index contributed by atoms with van der Waals surface area (Å²) >= 11 is 8.98. The van der Waals surface area contributed by atoms with E-state index in [0.29, 0.717) is 0 Å². The maximum atomic E-state index is 5.07. The Balaban J connectivity index is 3.67. The molecule has 0 saturated carbocycles. The molecule has 0 aliphatic heterocycles. The minimum atomic E-state index is 0.290. The Morgan fingerprint density at radius 1 is 1.00 bits per heavy atom. The maximum Gasteiger partial charge on any atom is 0.0962 e. The topological polar surface area (TPSA) is 52.0 Å². The molecule has 0 radical (unpaired) electrons. The van der Waals surface area contributed by atoms with Crippen LogP contribution >= 0.6 is 24.4 Å². The lowest BCUT2D eigenvalue weighted by Crippen LogP contribution is -2.07. The lowest BCUT2D eigenvalue weighted by Gasteiger charge is -1.81. The third-order valence-electron chi connectivity index (χ3n) is 0.412. The van der Waals surface area contributed by atoms with E-state index in [4.69, 9.17) is 11.5 Å². The van der Waals surface area contributed by atoms with Crippen LogP contribution in [0, 0.1) is 0 Å². The molecule has 0 bridgehead atoms. The molecule has 4 N–H and O–H groups in total. The Morgan fingerprint density at radius 2 is 1.25 bits per heavy atom. The highest BCUT2D eigenvalue weighted by Gasteiger charge is 1.77. The standard InChI is InChI=1S/C4H6N2S2/c5-3(7)1-2-4(6)8/h1-2H,(H2,5,7)(H2,6,8)/b2-1-. The van der Waals surface area contributed by atoms with Crippen molar-refractivity contribution in [1.29, 1.82) is 0 Å². The summed E-state index contributed by atoms with van der Waals surface area (Å²) in [5, 5.41) is 0. The summed E-state index contributed by atoms with van der Waals surface area (Å²) in [5.74, 6) is 0. The molecule has 0 atom stereocenters. The number of nitrogens with two attached hydrogens (primary N) is 2. The first-order valence-corrected chi connectivity index (χ1v) is 2.71. The maximum absolute atomic E-state index is 5.07. The number of hydrogen-bond donors (Lipinski definition) is 2. The molecule has 0 aliphatic rings. The number of thiocarbonyl (C=S) groups is 2. The summed E-state index contributed by atoms with van der Waals surface area (Å²) in [6.45, 7) is 0. The molecule has 0 aliphatic carbocycles. The van der Waals surface area contributed by atoms with Gasteiger partial charge in [-0.1, -0.05) is 24.4 Å². The highest BCUT2D eigenvalue weighted by atomic mass is 32.1. The first-order valence-electron chi connectivity index (χ1n) is 1.90. The van der Waals surface area contributed by atoms with Crippen molar-refractivity contribution in [1.82, 2.24) is 0 Å². The van der Waals surface area contributed by atoms with Gasteiger partial charge in [-0.05, 0) is 12.2 Å². The predicted octanol–water partition coefficient (Wildman–Crippen LogP) is 0.115. The Hall–Kier alpha value is -0.480. The molecular weight excluding hydrogens is 140 g/mol. The molecule has 0 fully saturated rings. The van der Waals surface area contributed by atoms with Crippen molar-refractivity contribution in [2.24, 2.45) is 11.5 Å². The van der Waals surface area contributed by atoms with E-state index in [9.17, 15) is 0 Å². The van der Waals surface area contributed by atoms with E-state index < -0.39 is 0 Å². The van der Waals surface area contributed by atoms with Crippen LogP contribution < -0.4 is 11.5 Å². The van der Waals surface area contributed by atoms with Gasteiger partial charge in [0.25, 0.3) is 0 Å². The molecule has 0 heterocycles. The third-order valence-corrected chi connectivity index (χ3v) is 0.684. The minimum Gasteiger partial charge on any atom is -0.390 e. The van der Waals surface area contributed by atoms with Crippen LogP contribution in [0.25, 0.3) is 0 Å². The fourth-order valence-corrected chi connectivity index (χ4v) is 0.300. The van der Waals surface area contributed by atoms with Crippen molar-refractivity contribution in [3.8, 4) is 0 Å². The molecule has 0 unspecified atom stereocenters. The van der Waals surface area contributed by atoms with Crippen molar-refractivity contribution in [3.05, 3.63) is 12.2 Å². The zero-order chi connectivity index (χ0) is 6.57. The summed E-state index contributed by atoms with van der Waals surface area (Å²) in [7, 11) is 0. The molecular formula is C4H6N2S2. The average molecular weight is 146 g/mol. The quantitative estimate of drug-likeness (QED) is 0.429. The lowest BCUT2D eigenvalue weighted by molar-refractivity contribution is 1.79. The van der Waals surface area contributed by atoms with Crippen molar-refractivity contribution in [2.45, 2.75) is 0 Å². The van der Waals surface area contributed by atoms with E-state index in [0.717, 1.165) is 0 Å². The van der Waals surface area contributed by atoms with Crippen LogP contribution in [-0.4, -0.2) is 9.98 Å². The van der Waals surface area contributed by atoms with Crippen molar-refractivity contribution in [3.63, 3.8) is 0 Å². The molecule has 4 heteroatoms. The monoisotopic (exact) mass is 146 g/mol. The molecule has 8 heavy (non-hydrogen) atoms. The highest BCUT2D eigenvalue weighted by Crippen LogP contribution is 1.72. The van der Waals surface area contributed by atoms with Crippen LogP contribution in [0.15, 0.2) is 12.2 Å². The van der Waals surface area contributed by atoms with Gasteiger partial charge in [-0.15, -0.1) is 0 Å². The molecule has 0 aromatic rings. The molecule has 0 aromatic carbocycles. The first kappa shape index (κ1) is 7.52. The molecule has 0 spiro atoms. The van der Waals surface area contributed by atoms with Gasteiger partial charge in [-0.2, -0.15) is 0 Å². The smallest absolute Gasteiger partial charge is 0.0962 e. The predicted molar refractivity (Wildman–Crippen MR) is 42.7 cm³/mol. The second kappa shape index (κ2) is 3.51. The highest BCUT2D eigenvalue weighted by molar-refractivity contribution is 7.81. The van der Waals surface area contributed by atoms with E-state index >= 15 is 0 Å². The lowest BCUT2D eigenvalue weighted by atomic mass is 10.5. The first-order chi connectivity index (χ1) is 3.63. The van der Waals surface area contributed by atoms with E-state index in [1.807, 2.05) is 0 Å². The molecule has 44 valence electrons. The fourth-order valence-electron chi connectivity index (χ4n) is 0.164. The van der Waals surface area contributed by atoms with E-state index in [1.54, 1.807) is 0 Å². The Morgan fingerprint density at radius 3 is 1.38 bits per heavy atom. The minimum absolute atomic E-state index is 0.290. The van der Waals surface area contributed by atoms with Crippen molar-refractivity contribution >= 4 is 34.4 Å². The van der Waals surface area contributed by atoms with Crippen LogP contribution in [0.5, 0.6) is 0 Å². The second-order valence-electron chi connectivity index (χ2n) is 1.14. The van der Waals surface area contributed by atoms with E-state index in [2.05, 4.69) is 24.4 Å². The van der Waals surface area contributed by atoms with Gasteiger partial charge in [0.1, 0.15) is 0 Å². The van der Waals surface area contributed by atoms with Crippen LogP contribution in [0.4, 0.5) is 0 Å². The average Bonchev–Trinajstić information content (AvgIpc) is 1.61. The van der Waals surface area contributed by atoms with Gasteiger partial charge < -0.3 is 11.5 Å². The van der Waals surface area contributed by atoms with Crippen LogP contribution in [-0.2, 0) is 0 Å². The van der Waals surface area contributed by atoms with Gasteiger partial charge in [0.2, 0.25) is 0 Å². The normalized spacial score (nSPS) is 9.50. The van der Waals surface area contributed by atoms with E-state index in [1.165, 1.54) is 12.2 Å². The molecule has 0 rings (SSSR count). The van der Waals surface area contributed by atoms with Crippen LogP contribution in [0.3, 0.4) is 0 Å². The Labute approximate surface area is 58.5 Å². The van der Waals surface area contributed by atoms with Gasteiger partial charge >= 0.3 is 0 Å².